The average molecular weight is 236 g/mol. The van der Waals surface area contributed by atoms with Crippen molar-refractivity contribution in [3.8, 4) is 5.75 Å². The molecule has 0 saturated carbocycles. The summed E-state index contributed by atoms with van der Waals surface area (Å²) in [5, 5.41) is 9.25. The molecule has 1 aromatic rings. The third-order valence-corrected chi connectivity index (χ3v) is 3.10. The third kappa shape index (κ3) is 1.83. The Labute approximate surface area is 101 Å². The van der Waals surface area contributed by atoms with Crippen molar-refractivity contribution in [2.24, 2.45) is 0 Å². The first kappa shape index (κ1) is 12.1. The largest absolute Gasteiger partial charge is 0.476 e. The number of ketones is 1. The van der Waals surface area contributed by atoms with Crippen molar-refractivity contribution in [3.05, 3.63) is 23.8 Å². The number of carbonyl (C=O) groups is 1. The van der Waals surface area contributed by atoms with Crippen molar-refractivity contribution in [1.29, 1.82) is 0 Å². The first-order chi connectivity index (χ1) is 7.78. The predicted octanol–water partition coefficient (Wildman–Crippen LogP) is 1.21. The molecule has 1 heterocycles. The number of benzene rings is 1. The normalized spacial score (nSPS) is 23.5. The van der Waals surface area contributed by atoms with Gasteiger partial charge in [0.15, 0.2) is 5.60 Å². The second-order valence-corrected chi connectivity index (χ2v) is 5.51. The van der Waals surface area contributed by atoms with Crippen LogP contribution >= 0.6 is 0 Å². The molecule has 1 N–H and O–H groups in total. The minimum Gasteiger partial charge on any atom is -0.476 e. The van der Waals surface area contributed by atoms with Crippen LogP contribution in [0.2, 0.25) is 0 Å². The summed E-state index contributed by atoms with van der Waals surface area (Å²) in [6.07, 6.45) is 0. The molecule has 17 heavy (non-hydrogen) atoms. The first-order valence-electron chi connectivity index (χ1n) is 5.59. The molecule has 0 saturated heterocycles. The van der Waals surface area contributed by atoms with Crippen molar-refractivity contribution in [2.75, 3.05) is 27.7 Å². The van der Waals surface area contributed by atoms with Gasteiger partial charge in [-0.15, -0.1) is 0 Å². The predicted molar refractivity (Wildman–Crippen MR) is 66.5 cm³/mol. The fourth-order valence-corrected chi connectivity index (χ4v) is 1.88. The zero-order valence-electron chi connectivity index (χ0n) is 10.7. The Balaban J connectivity index is 2.49. The lowest BCUT2D eigenvalue weighted by molar-refractivity contribution is 0.0359. The van der Waals surface area contributed by atoms with Gasteiger partial charge in [-0.05, 0) is 13.0 Å². The molecule has 92 valence electrons. The molecule has 2 rings (SSSR count). The molecule has 4 heteroatoms. The molecule has 0 radical (unpaired) electrons. The maximum absolute atomic E-state index is 12.1. The quantitative estimate of drug-likeness (QED) is 0.785. The number of quaternary nitrogens is 1. The minimum absolute atomic E-state index is 0.148. The number of hydrogen-bond donors (Lipinski definition) is 1. The van der Waals surface area contributed by atoms with Gasteiger partial charge in [0.1, 0.15) is 11.4 Å². The number of ether oxygens (including phenoxy) is 1. The fourth-order valence-electron chi connectivity index (χ4n) is 1.88. The van der Waals surface area contributed by atoms with Crippen LogP contribution in [0.4, 0.5) is 5.69 Å². The number of carbonyl (C=O) groups excluding carboxylic acids is 1. The van der Waals surface area contributed by atoms with Crippen LogP contribution in [-0.4, -0.2) is 44.2 Å². The van der Waals surface area contributed by atoms with E-state index in [1.165, 1.54) is 0 Å². The Hall–Kier alpha value is -1.39. The van der Waals surface area contributed by atoms with E-state index in [1.54, 1.807) is 13.0 Å². The van der Waals surface area contributed by atoms with Gasteiger partial charge >= 0.3 is 0 Å². The van der Waals surface area contributed by atoms with Crippen LogP contribution in [0.25, 0.3) is 0 Å². The smallest absolute Gasteiger partial charge is 0.212 e. The van der Waals surface area contributed by atoms with Crippen LogP contribution in [0.3, 0.4) is 0 Å². The molecule has 0 bridgehead atoms. The molecule has 4 nitrogen and oxygen atoms in total. The van der Waals surface area contributed by atoms with Gasteiger partial charge in [0.25, 0.3) is 0 Å². The zero-order valence-corrected chi connectivity index (χ0v) is 10.7. The Morgan fingerprint density at radius 2 is 2.00 bits per heavy atom. The summed E-state index contributed by atoms with van der Waals surface area (Å²) in [5.74, 6) is 0.411. The Morgan fingerprint density at radius 3 is 2.53 bits per heavy atom. The molecule has 0 amide bonds. The SMILES string of the molecule is CC1(CO)Oc2ccc([N+](C)(C)C)cc2C1=O. The van der Waals surface area contributed by atoms with Crippen LogP contribution in [-0.2, 0) is 0 Å². The molecule has 0 spiro atoms. The Bertz CT molecular complexity index is 476. The molecule has 1 unspecified atom stereocenters. The van der Waals surface area contributed by atoms with Crippen LogP contribution in [0, 0.1) is 0 Å². The van der Waals surface area contributed by atoms with E-state index in [4.69, 9.17) is 4.74 Å². The number of aliphatic hydroxyl groups excluding tert-OH is 1. The summed E-state index contributed by atoms with van der Waals surface area (Å²) in [5.41, 5.74) is 0.473. The topological polar surface area (TPSA) is 46.5 Å². The molecule has 0 fully saturated rings. The zero-order chi connectivity index (χ0) is 12.8. The number of aliphatic hydroxyl groups is 1. The van der Waals surface area contributed by atoms with E-state index in [1.807, 2.05) is 33.3 Å². The Morgan fingerprint density at radius 1 is 1.35 bits per heavy atom. The highest BCUT2D eigenvalue weighted by molar-refractivity contribution is 6.07. The molecular formula is C13H18NO3+. The van der Waals surface area contributed by atoms with Gasteiger partial charge in [-0.1, -0.05) is 0 Å². The first-order valence-corrected chi connectivity index (χ1v) is 5.59. The molecule has 1 aliphatic rings. The highest BCUT2D eigenvalue weighted by atomic mass is 16.5. The van der Waals surface area contributed by atoms with Crippen LogP contribution in [0.5, 0.6) is 5.75 Å². The minimum atomic E-state index is -1.12. The van der Waals surface area contributed by atoms with Crippen molar-refractivity contribution < 1.29 is 14.6 Å². The summed E-state index contributed by atoms with van der Waals surface area (Å²) in [7, 11) is 6.10. The van der Waals surface area contributed by atoms with Gasteiger partial charge in [0, 0.05) is 12.1 Å². The number of fused-ring (bicyclic) bond motifs is 1. The summed E-state index contributed by atoms with van der Waals surface area (Å²) in [6.45, 7) is 1.31. The second kappa shape index (κ2) is 3.55. The lowest BCUT2D eigenvalue weighted by Crippen LogP contribution is -2.40. The van der Waals surface area contributed by atoms with Crippen LogP contribution < -0.4 is 9.22 Å². The van der Waals surface area contributed by atoms with Crippen LogP contribution in [0.1, 0.15) is 17.3 Å². The van der Waals surface area contributed by atoms with E-state index in [0.29, 0.717) is 15.8 Å². The van der Waals surface area contributed by atoms with E-state index in [-0.39, 0.29) is 12.4 Å². The van der Waals surface area contributed by atoms with Gasteiger partial charge in [-0.25, -0.2) is 0 Å². The summed E-state index contributed by atoms with van der Waals surface area (Å²) in [4.78, 5) is 12.1. The lowest BCUT2D eigenvalue weighted by Gasteiger charge is -2.23. The molecule has 1 aliphatic heterocycles. The number of rotatable bonds is 2. The maximum Gasteiger partial charge on any atom is 0.212 e. The molecular weight excluding hydrogens is 218 g/mol. The van der Waals surface area contributed by atoms with Crippen molar-refractivity contribution >= 4 is 11.5 Å². The van der Waals surface area contributed by atoms with E-state index < -0.39 is 5.60 Å². The highest BCUT2D eigenvalue weighted by Gasteiger charge is 2.44. The lowest BCUT2D eigenvalue weighted by atomic mass is 9.98. The second-order valence-electron chi connectivity index (χ2n) is 5.51. The molecule has 1 atom stereocenters. The van der Waals surface area contributed by atoms with Crippen molar-refractivity contribution in [3.63, 3.8) is 0 Å². The van der Waals surface area contributed by atoms with Gasteiger partial charge in [-0.2, -0.15) is 0 Å². The molecule has 0 aliphatic carbocycles. The fraction of sp³-hybridized carbons (Fsp3) is 0.462. The summed E-state index contributed by atoms with van der Waals surface area (Å²) in [6, 6.07) is 5.58. The molecule has 1 aromatic carbocycles. The third-order valence-electron chi connectivity index (χ3n) is 3.10. The highest BCUT2D eigenvalue weighted by Crippen LogP contribution is 2.37. The molecule has 0 aromatic heterocycles. The van der Waals surface area contributed by atoms with E-state index in [2.05, 4.69) is 0 Å². The number of nitrogens with zero attached hydrogens (tertiary/aromatic N) is 1. The average Bonchev–Trinajstić information content (AvgIpc) is 2.51. The van der Waals surface area contributed by atoms with Gasteiger partial charge < -0.3 is 9.84 Å². The van der Waals surface area contributed by atoms with E-state index in [9.17, 15) is 9.90 Å². The number of hydrogen-bond acceptors (Lipinski definition) is 3. The van der Waals surface area contributed by atoms with E-state index in [0.717, 1.165) is 5.69 Å². The van der Waals surface area contributed by atoms with Gasteiger partial charge in [0.2, 0.25) is 5.78 Å². The summed E-state index contributed by atoms with van der Waals surface area (Å²) < 4.78 is 6.15. The maximum atomic E-state index is 12.1. The van der Waals surface area contributed by atoms with Crippen LogP contribution in [0.15, 0.2) is 18.2 Å². The number of Topliss-reactive ketones (excluding diaryl/α,β-unsaturated/α-hetero) is 1. The van der Waals surface area contributed by atoms with Gasteiger partial charge in [-0.3, -0.25) is 9.28 Å². The van der Waals surface area contributed by atoms with E-state index >= 15 is 0 Å². The monoisotopic (exact) mass is 236 g/mol. The van der Waals surface area contributed by atoms with Crippen molar-refractivity contribution in [1.82, 2.24) is 4.48 Å². The van der Waals surface area contributed by atoms with Crippen molar-refractivity contribution in [2.45, 2.75) is 12.5 Å². The summed E-state index contributed by atoms with van der Waals surface area (Å²) >= 11 is 0. The Kier molecular flexibility index (Phi) is 2.52. The van der Waals surface area contributed by atoms with Gasteiger partial charge in [0.05, 0.1) is 33.3 Å². The standard InChI is InChI=1S/C13H18NO3/c1-13(8-15)12(16)10-7-9(14(2,3)4)5-6-11(10)17-13/h5-7,15H,8H2,1-4H3/q+1.